The quantitative estimate of drug-likeness (QED) is 0.851. The number of morpholine rings is 1. The largest absolute Gasteiger partial charge is 0.494 e. The first-order valence-corrected chi connectivity index (χ1v) is 7.09. The molecule has 2 N–H and O–H groups in total. The van der Waals surface area contributed by atoms with Crippen molar-refractivity contribution in [1.29, 1.82) is 0 Å². The Labute approximate surface area is 115 Å². The molecular weight excluding hydrogens is 240 g/mol. The molecule has 1 aliphatic heterocycles. The second-order valence-corrected chi connectivity index (χ2v) is 4.82. The Hall–Kier alpha value is -1.10. The normalized spacial score (nSPS) is 18.2. The van der Waals surface area contributed by atoms with Gasteiger partial charge in [0, 0.05) is 25.7 Å². The summed E-state index contributed by atoms with van der Waals surface area (Å²) in [7, 11) is 0. The zero-order chi connectivity index (χ0) is 13.5. The Kier molecular flexibility index (Phi) is 5.63. The zero-order valence-corrected chi connectivity index (χ0v) is 11.7. The Morgan fingerprint density at radius 2 is 1.95 bits per heavy atom. The molecular formula is C15H24N2O2. The lowest BCUT2D eigenvalue weighted by atomic mass is 10.0. The Balaban J connectivity index is 2.01. The molecule has 1 saturated heterocycles. The summed E-state index contributed by atoms with van der Waals surface area (Å²) in [6.07, 6.45) is 1.03. The number of hydrogen-bond acceptors (Lipinski definition) is 4. The first-order chi connectivity index (χ1) is 9.35. The van der Waals surface area contributed by atoms with E-state index in [0.717, 1.165) is 45.1 Å². The molecule has 0 aromatic heterocycles. The van der Waals surface area contributed by atoms with Crippen LogP contribution < -0.4 is 10.5 Å². The van der Waals surface area contributed by atoms with E-state index in [4.69, 9.17) is 15.2 Å². The lowest BCUT2D eigenvalue weighted by Gasteiger charge is -2.34. The number of rotatable bonds is 6. The molecule has 0 bridgehead atoms. The molecule has 0 aliphatic carbocycles. The fraction of sp³-hybridized carbons (Fsp3) is 0.600. The molecule has 106 valence electrons. The highest BCUT2D eigenvalue weighted by Gasteiger charge is 2.21. The minimum Gasteiger partial charge on any atom is -0.494 e. The number of ether oxygens (including phenoxy) is 2. The van der Waals surface area contributed by atoms with Gasteiger partial charge in [0.05, 0.1) is 19.8 Å². The van der Waals surface area contributed by atoms with E-state index in [1.807, 2.05) is 12.1 Å². The SMILES string of the molecule is CCCOc1ccc(C(CN)N2CCOCC2)cc1. The molecule has 0 spiro atoms. The average Bonchev–Trinajstić information content (AvgIpc) is 2.48. The Morgan fingerprint density at radius 3 is 2.53 bits per heavy atom. The average molecular weight is 264 g/mol. The third-order valence-corrected chi connectivity index (χ3v) is 3.45. The molecule has 4 heteroatoms. The Morgan fingerprint density at radius 1 is 1.26 bits per heavy atom. The molecule has 4 nitrogen and oxygen atoms in total. The summed E-state index contributed by atoms with van der Waals surface area (Å²) in [5.41, 5.74) is 7.20. The highest BCUT2D eigenvalue weighted by Crippen LogP contribution is 2.23. The van der Waals surface area contributed by atoms with E-state index in [1.54, 1.807) is 0 Å². The second kappa shape index (κ2) is 7.48. The number of nitrogens with two attached hydrogens (primary N) is 1. The van der Waals surface area contributed by atoms with E-state index < -0.39 is 0 Å². The topological polar surface area (TPSA) is 47.7 Å². The van der Waals surface area contributed by atoms with E-state index in [-0.39, 0.29) is 6.04 Å². The zero-order valence-electron chi connectivity index (χ0n) is 11.7. The molecule has 1 heterocycles. The predicted octanol–water partition coefficient (Wildman–Crippen LogP) is 1.81. The summed E-state index contributed by atoms with van der Waals surface area (Å²) in [4.78, 5) is 2.39. The number of hydrogen-bond donors (Lipinski definition) is 1. The summed E-state index contributed by atoms with van der Waals surface area (Å²) in [6, 6.07) is 8.60. The Bertz CT molecular complexity index is 361. The maximum absolute atomic E-state index is 5.94. The lowest BCUT2D eigenvalue weighted by Crippen LogP contribution is -2.41. The van der Waals surface area contributed by atoms with Gasteiger partial charge in [-0.3, -0.25) is 4.90 Å². The summed E-state index contributed by atoms with van der Waals surface area (Å²) < 4.78 is 11.0. The van der Waals surface area contributed by atoms with Gasteiger partial charge in [-0.1, -0.05) is 19.1 Å². The molecule has 1 aliphatic rings. The molecule has 1 aromatic carbocycles. The maximum atomic E-state index is 5.94. The van der Waals surface area contributed by atoms with Crippen molar-refractivity contribution in [1.82, 2.24) is 4.90 Å². The summed E-state index contributed by atoms with van der Waals surface area (Å²) in [5.74, 6) is 0.934. The monoisotopic (exact) mass is 264 g/mol. The lowest BCUT2D eigenvalue weighted by molar-refractivity contribution is 0.0179. The second-order valence-electron chi connectivity index (χ2n) is 4.82. The number of benzene rings is 1. The van der Waals surface area contributed by atoms with Crippen molar-refractivity contribution >= 4 is 0 Å². The molecule has 19 heavy (non-hydrogen) atoms. The van der Waals surface area contributed by atoms with Crippen LogP contribution in [0, 0.1) is 0 Å². The highest BCUT2D eigenvalue weighted by molar-refractivity contribution is 5.29. The van der Waals surface area contributed by atoms with Crippen LogP contribution in [0.5, 0.6) is 5.75 Å². The van der Waals surface area contributed by atoms with Crippen LogP contribution in [0.25, 0.3) is 0 Å². The molecule has 1 aromatic rings. The van der Waals surface area contributed by atoms with Crippen molar-refractivity contribution in [2.45, 2.75) is 19.4 Å². The van der Waals surface area contributed by atoms with Crippen molar-refractivity contribution in [3.8, 4) is 5.75 Å². The molecule has 1 fully saturated rings. The van der Waals surface area contributed by atoms with Gasteiger partial charge < -0.3 is 15.2 Å². The molecule has 2 rings (SSSR count). The minimum absolute atomic E-state index is 0.282. The van der Waals surface area contributed by atoms with Gasteiger partial charge in [0.25, 0.3) is 0 Å². The summed E-state index contributed by atoms with van der Waals surface area (Å²) in [6.45, 7) is 7.02. The van der Waals surface area contributed by atoms with Crippen LogP contribution in [0.1, 0.15) is 24.9 Å². The van der Waals surface area contributed by atoms with Crippen molar-refractivity contribution in [2.24, 2.45) is 5.73 Å². The number of nitrogens with zero attached hydrogens (tertiary/aromatic N) is 1. The van der Waals surface area contributed by atoms with Gasteiger partial charge >= 0.3 is 0 Å². The molecule has 0 saturated carbocycles. The van der Waals surface area contributed by atoms with Gasteiger partial charge in [-0.2, -0.15) is 0 Å². The highest BCUT2D eigenvalue weighted by atomic mass is 16.5. The smallest absolute Gasteiger partial charge is 0.119 e. The first-order valence-electron chi connectivity index (χ1n) is 7.09. The molecule has 1 atom stereocenters. The van der Waals surface area contributed by atoms with Crippen LogP contribution >= 0.6 is 0 Å². The fourth-order valence-electron chi connectivity index (χ4n) is 2.39. The van der Waals surface area contributed by atoms with E-state index in [2.05, 4.69) is 24.0 Å². The summed E-state index contributed by atoms with van der Waals surface area (Å²) in [5, 5.41) is 0. The van der Waals surface area contributed by atoms with E-state index >= 15 is 0 Å². The maximum Gasteiger partial charge on any atom is 0.119 e. The third-order valence-electron chi connectivity index (χ3n) is 3.45. The van der Waals surface area contributed by atoms with Crippen LogP contribution in [0.3, 0.4) is 0 Å². The van der Waals surface area contributed by atoms with Crippen LogP contribution in [-0.2, 0) is 4.74 Å². The van der Waals surface area contributed by atoms with Crippen LogP contribution in [0.4, 0.5) is 0 Å². The molecule has 0 radical (unpaired) electrons. The van der Waals surface area contributed by atoms with E-state index in [0.29, 0.717) is 6.54 Å². The third kappa shape index (κ3) is 3.93. The van der Waals surface area contributed by atoms with Gasteiger partial charge in [-0.05, 0) is 24.1 Å². The first kappa shape index (κ1) is 14.3. The van der Waals surface area contributed by atoms with Gasteiger partial charge in [0.1, 0.15) is 5.75 Å². The van der Waals surface area contributed by atoms with Crippen LogP contribution in [0.15, 0.2) is 24.3 Å². The van der Waals surface area contributed by atoms with Crippen molar-refractivity contribution < 1.29 is 9.47 Å². The van der Waals surface area contributed by atoms with E-state index in [9.17, 15) is 0 Å². The molecule has 1 unspecified atom stereocenters. The van der Waals surface area contributed by atoms with Gasteiger partial charge in [0.2, 0.25) is 0 Å². The molecule has 0 amide bonds. The van der Waals surface area contributed by atoms with Gasteiger partial charge in [-0.25, -0.2) is 0 Å². The van der Waals surface area contributed by atoms with Crippen LogP contribution in [-0.4, -0.2) is 44.4 Å². The minimum atomic E-state index is 0.282. The predicted molar refractivity (Wildman–Crippen MR) is 76.4 cm³/mol. The standard InChI is InChI=1S/C15H24N2O2/c1-2-9-19-14-5-3-13(4-6-14)15(12-16)17-7-10-18-11-8-17/h3-6,15H,2,7-12,16H2,1H3. The van der Waals surface area contributed by atoms with Crippen molar-refractivity contribution in [3.05, 3.63) is 29.8 Å². The summed E-state index contributed by atoms with van der Waals surface area (Å²) >= 11 is 0. The fourth-order valence-corrected chi connectivity index (χ4v) is 2.39. The van der Waals surface area contributed by atoms with E-state index in [1.165, 1.54) is 5.56 Å². The van der Waals surface area contributed by atoms with Crippen molar-refractivity contribution in [3.63, 3.8) is 0 Å². The van der Waals surface area contributed by atoms with Gasteiger partial charge in [0.15, 0.2) is 0 Å². The van der Waals surface area contributed by atoms with Crippen molar-refractivity contribution in [2.75, 3.05) is 39.5 Å². The van der Waals surface area contributed by atoms with Crippen LogP contribution in [0.2, 0.25) is 0 Å². The van der Waals surface area contributed by atoms with Gasteiger partial charge in [-0.15, -0.1) is 0 Å².